The summed E-state index contributed by atoms with van der Waals surface area (Å²) < 4.78 is 0. The van der Waals surface area contributed by atoms with Gasteiger partial charge in [0.15, 0.2) is 5.96 Å². The van der Waals surface area contributed by atoms with E-state index < -0.39 is 54.6 Å². The number of imide groups is 1. The highest BCUT2D eigenvalue weighted by atomic mass is 16.4. The maximum absolute atomic E-state index is 13.0. The maximum atomic E-state index is 13.0. The molecule has 0 aliphatic carbocycles. The zero-order chi connectivity index (χ0) is 27.4. The lowest BCUT2D eigenvalue weighted by molar-refractivity contribution is -0.143. The Balaban J connectivity index is 2.04. The van der Waals surface area contributed by atoms with Gasteiger partial charge in [0.2, 0.25) is 23.6 Å². The van der Waals surface area contributed by atoms with Crippen molar-refractivity contribution in [2.24, 2.45) is 16.5 Å². The standard InChI is InChI=1S/C23H31N7O7/c24-23(25)26-10-4-8-15-22(37)30(11-5-9-17(31)27-15)13-18(32)28-16(12-19(33)34)21(36)29-20(35)14-6-2-1-3-7-14/h1-3,6-7,15-16H,4-5,8-13H2,(H,27,31)(H,28,32)(H,33,34)(H4,24,25,26)(H,29,35,36)/t15-,16-/m0/s1. The van der Waals surface area contributed by atoms with E-state index in [4.69, 9.17) is 11.5 Å². The molecule has 1 saturated heterocycles. The number of nitrogens with zero attached hydrogens (tertiary/aromatic N) is 2. The summed E-state index contributed by atoms with van der Waals surface area (Å²) in [5, 5.41) is 16.2. The number of carbonyl (C=O) groups is 6. The summed E-state index contributed by atoms with van der Waals surface area (Å²) in [4.78, 5) is 78.9. The first-order valence-electron chi connectivity index (χ1n) is 11.6. The van der Waals surface area contributed by atoms with E-state index in [0.29, 0.717) is 12.8 Å². The lowest BCUT2D eigenvalue weighted by atomic mass is 10.1. The summed E-state index contributed by atoms with van der Waals surface area (Å²) in [5.74, 6) is -4.85. The van der Waals surface area contributed by atoms with E-state index in [0.717, 1.165) is 0 Å². The van der Waals surface area contributed by atoms with Gasteiger partial charge >= 0.3 is 5.97 Å². The summed E-state index contributed by atoms with van der Waals surface area (Å²) in [5.41, 5.74) is 10.7. The number of rotatable bonds is 11. The van der Waals surface area contributed by atoms with Gasteiger partial charge in [0.05, 0.1) is 13.0 Å². The molecule has 0 saturated carbocycles. The van der Waals surface area contributed by atoms with Gasteiger partial charge in [0, 0.05) is 25.1 Å². The molecule has 14 nitrogen and oxygen atoms in total. The summed E-state index contributed by atoms with van der Waals surface area (Å²) in [6.07, 6.45) is 0.282. The van der Waals surface area contributed by atoms with Crippen LogP contribution in [0, 0.1) is 0 Å². The first-order chi connectivity index (χ1) is 17.6. The minimum Gasteiger partial charge on any atom is -0.481 e. The third-order valence-electron chi connectivity index (χ3n) is 5.36. The lowest BCUT2D eigenvalue weighted by Gasteiger charge is -2.30. The molecular formula is C23H31N7O7. The van der Waals surface area contributed by atoms with Crippen molar-refractivity contribution in [1.29, 1.82) is 0 Å². The van der Waals surface area contributed by atoms with Crippen molar-refractivity contribution >= 4 is 41.5 Å². The third kappa shape index (κ3) is 9.95. The second-order valence-electron chi connectivity index (χ2n) is 8.33. The first kappa shape index (κ1) is 28.7. The van der Waals surface area contributed by atoms with Crippen molar-refractivity contribution in [2.45, 2.75) is 44.2 Å². The normalized spacial score (nSPS) is 16.4. The molecule has 2 rings (SSSR count). The summed E-state index contributed by atoms with van der Waals surface area (Å²) in [7, 11) is 0. The van der Waals surface area contributed by atoms with Crippen LogP contribution in [0.15, 0.2) is 35.3 Å². The van der Waals surface area contributed by atoms with Crippen LogP contribution in [-0.4, -0.2) is 83.2 Å². The van der Waals surface area contributed by atoms with Gasteiger partial charge in [-0.1, -0.05) is 18.2 Å². The molecule has 8 N–H and O–H groups in total. The van der Waals surface area contributed by atoms with Crippen molar-refractivity contribution in [3.8, 4) is 0 Å². The number of guanidine groups is 1. The quantitative estimate of drug-likeness (QED) is 0.109. The minimum absolute atomic E-state index is 0.100. The molecule has 0 bridgehead atoms. The van der Waals surface area contributed by atoms with Crippen molar-refractivity contribution in [1.82, 2.24) is 20.9 Å². The fraction of sp³-hybridized carbons (Fsp3) is 0.435. The Morgan fingerprint density at radius 2 is 1.86 bits per heavy atom. The number of hydrogen-bond acceptors (Lipinski definition) is 7. The highest BCUT2D eigenvalue weighted by Gasteiger charge is 2.31. The molecule has 0 spiro atoms. The number of benzene rings is 1. The number of carboxylic acids is 1. The summed E-state index contributed by atoms with van der Waals surface area (Å²) >= 11 is 0. The van der Waals surface area contributed by atoms with Gasteiger partial charge in [-0.25, -0.2) is 0 Å². The van der Waals surface area contributed by atoms with Crippen LogP contribution in [-0.2, 0) is 24.0 Å². The Morgan fingerprint density at radius 1 is 1.16 bits per heavy atom. The van der Waals surface area contributed by atoms with Crippen LogP contribution >= 0.6 is 0 Å². The van der Waals surface area contributed by atoms with E-state index in [1.165, 1.54) is 17.0 Å². The molecule has 5 amide bonds. The number of nitrogens with two attached hydrogens (primary N) is 2. The molecule has 2 atom stereocenters. The average molecular weight is 518 g/mol. The van der Waals surface area contributed by atoms with Crippen molar-refractivity contribution < 1.29 is 33.9 Å². The highest BCUT2D eigenvalue weighted by molar-refractivity contribution is 6.07. The van der Waals surface area contributed by atoms with Crippen LogP contribution in [0.25, 0.3) is 0 Å². The van der Waals surface area contributed by atoms with Gasteiger partial charge in [0.25, 0.3) is 5.91 Å². The molecule has 1 aliphatic heterocycles. The number of amides is 5. The zero-order valence-corrected chi connectivity index (χ0v) is 20.1. The van der Waals surface area contributed by atoms with E-state index >= 15 is 0 Å². The molecule has 1 fully saturated rings. The topological polar surface area (TPSA) is 226 Å². The maximum Gasteiger partial charge on any atom is 0.305 e. The third-order valence-corrected chi connectivity index (χ3v) is 5.36. The van der Waals surface area contributed by atoms with E-state index in [1.54, 1.807) is 18.2 Å². The van der Waals surface area contributed by atoms with Crippen LogP contribution in [0.3, 0.4) is 0 Å². The molecule has 1 aliphatic rings. The molecule has 0 radical (unpaired) electrons. The fourth-order valence-electron chi connectivity index (χ4n) is 3.60. The van der Waals surface area contributed by atoms with E-state index in [2.05, 4.69) is 20.9 Å². The number of nitrogens with one attached hydrogen (secondary N) is 3. The molecule has 1 heterocycles. The first-order valence-corrected chi connectivity index (χ1v) is 11.6. The average Bonchev–Trinajstić information content (AvgIpc) is 2.83. The van der Waals surface area contributed by atoms with E-state index in [9.17, 15) is 33.9 Å². The Bertz CT molecular complexity index is 1040. The van der Waals surface area contributed by atoms with Gasteiger partial charge in [0.1, 0.15) is 12.1 Å². The number of hydrogen-bond donors (Lipinski definition) is 6. The van der Waals surface area contributed by atoms with E-state index in [-0.39, 0.29) is 43.4 Å². The number of carboxylic acid groups (broad SMARTS) is 1. The monoisotopic (exact) mass is 517 g/mol. The minimum atomic E-state index is -1.56. The molecule has 0 unspecified atom stereocenters. The van der Waals surface area contributed by atoms with Gasteiger partial charge in [-0.2, -0.15) is 0 Å². The summed E-state index contributed by atoms with van der Waals surface area (Å²) in [6, 6.07) is 5.33. The van der Waals surface area contributed by atoms with Crippen LogP contribution in [0.4, 0.5) is 0 Å². The van der Waals surface area contributed by atoms with Gasteiger partial charge in [-0.05, 0) is 31.4 Å². The van der Waals surface area contributed by atoms with Crippen LogP contribution in [0.2, 0.25) is 0 Å². The zero-order valence-electron chi connectivity index (χ0n) is 20.1. The molecule has 37 heavy (non-hydrogen) atoms. The second kappa shape index (κ2) is 14.2. The molecule has 1 aromatic carbocycles. The Kier molecular flexibility index (Phi) is 11.0. The van der Waals surface area contributed by atoms with Crippen LogP contribution in [0.5, 0.6) is 0 Å². The lowest BCUT2D eigenvalue weighted by Crippen LogP contribution is -2.55. The van der Waals surface area contributed by atoms with Crippen molar-refractivity contribution in [3.05, 3.63) is 35.9 Å². The van der Waals surface area contributed by atoms with Crippen molar-refractivity contribution in [3.63, 3.8) is 0 Å². The smallest absolute Gasteiger partial charge is 0.305 e. The van der Waals surface area contributed by atoms with E-state index in [1.807, 2.05) is 0 Å². The Labute approximate surface area is 212 Å². The van der Waals surface area contributed by atoms with Crippen molar-refractivity contribution in [2.75, 3.05) is 19.6 Å². The van der Waals surface area contributed by atoms with Crippen LogP contribution in [0.1, 0.15) is 42.5 Å². The molecule has 200 valence electrons. The largest absolute Gasteiger partial charge is 0.481 e. The van der Waals surface area contributed by atoms with Gasteiger partial charge in [-0.15, -0.1) is 0 Å². The van der Waals surface area contributed by atoms with Crippen LogP contribution < -0.4 is 27.4 Å². The fourth-order valence-corrected chi connectivity index (χ4v) is 3.60. The molecule has 0 aromatic heterocycles. The molecule has 1 aromatic rings. The van der Waals surface area contributed by atoms with Gasteiger partial charge in [-0.3, -0.25) is 39.1 Å². The number of carbonyl (C=O) groups excluding carboxylic acids is 5. The highest BCUT2D eigenvalue weighted by Crippen LogP contribution is 2.10. The second-order valence-corrected chi connectivity index (χ2v) is 8.33. The Morgan fingerprint density at radius 3 is 2.51 bits per heavy atom. The van der Waals surface area contributed by atoms with Gasteiger partial charge < -0.3 is 32.1 Å². The molecular weight excluding hydrogens is 486 g/mol. The predicted octanol–water partition coefficient (Wildman–Crippen LogP) is -1.94. The Hall–Kier alpha value is -4.49. The number of aliphatic imine (C=N–C) groups is 1. The number of aliphatic carboxylic acids is 1. The summed E-state index contributed by atoms with van der Waals surface area (Å²) in [6.45, 7) is -0.127. The molecule has 14 heteroatoms. The SMILES string of the molecule is NC(N)=NCCC[C@@H]1NC(=O)CCCN(CC(=O)N[C@@H](CC(=O)O)C(=O)NC(=O)c2ccccc2)C1=O. The predicted molar refractivity (Wildman–Crippen MR) is 131 cm³/mol.